The number of rotatable bonds is 6. The van der Waals surface area contributed by atoms with Crippen molar-refractivity contribution in [2.45, 2.75) is 33.7 Å². The van der Waals surface area contributed by atoms with Gasteiger partial charge in [-0.1, -0.05) is 12.1 Å². The highest BCUT2D eigenvalue weighted by molar-refractivity contribution is 5.56. The fourth-order valence-corrected chi connectivity index (χ4v) is 1.63. The molecular weight excluding hydrogens is 244 g/mol. The lowest BCUT2D eigenvalue weighted by atomic mass is 10.3. The number of aryl methyl sites for hydroxylation is 1. The fraction of sp³-hybridized carbons (Fsp3) is 0.500. The molecule has 0 spiro atoms. The molecule has 0 aliphatic carbocycles. The van der Waals surface area contributed by atoms with E-state index in [1.54, 1.807) is 6.92 Å². The van der Waals surface area contributed by atoms with Gasteiger partial charge in [0.25, 0.3) is 0 Å². The average Bonchev–Trinajstić information content (AvgIpc) is 2.82. The Kier molecular flexibility index (Phi) is 4.27. The minimum absolute atomic E-state index is 0.475. The number of aromatic nitrogens is 4. The molecule has 0 bridgehead atoms. The molecule has 0 aromatic carbocycles. The van der Waals surface area contributed by atoms with Gasteiger partial charge in [0.1, 0.15) is 18.0 Å². The third-order valence-corrected chi connectivity index (χ3v) is 2.61. The lowest BCUT2D eigenvalue weighted by molar-refractivity contribution is 0.388. The zero-order valence-corrected chi connectivity index (χ0v) is 11.4. The largest absolute Gasteiger partial charge is 0.370 e. The molecule has 0 radical (unpaired) electrons. The predicted octanol–water partition coefficient (Wildman–Crippen LogP) is 1.91. The lowest BCUT2D eigenvalue weighted by Crippen LogP contribution is -2.09. The first-order valence-electron chi connectivity index (χ1n) is 6.29. The highest BCUT2D eigenvalue weighted by atomic mass is 16.5. The molecule has 2 aromatic rings. The van der Waals surface area contributed by atoms with Crippen molar-refractivity contribution in [1.29, 1.82) is 0 Å². The molecule has 0 atom stereocenters. The zero-order valence-electron chi connectivity index (χ0n) is 11.4. The molecule has 0 saturated carbocycles. The van der Waals surface area contributed by atoms with Gasteiger partial charge in [0.05, 0.1) is 6.54 Å². The molecule has 0 aliphatic rings. The molecule has 2 N–H and O–H groups in total. The van der Waals surface area contributed by atoms with Crippen LogP contribution in [0.4, 0.5) is 11.6 Å². The van der Waals surface area contributed by atoms with Crippen LogP contribution in [0.2, 0.25) is 0 Å². The number of nitrogens with one attached hydrogen (secondary N) is 2. The molecule has 2 heterocycles. The van der Waals surface area contributed by atoms with Crippen LogP contribution >= 0.6 is 0 Å². The number of hydrogen-bond acceptors (Lipinski definition) is 7. The Morgan fingerprint density at radius 1 is 1.16 bits per heavy atom. The van der Waals surface area contributed by atoms with Gasteiger partial charge < -0.3 is 15.2 Å². The van der Waals surface area contributed by atoms with Crippen molar-refractivity contribution in [3.05, 3.63) is 23.6 Å². The van der Waals surface area contributed by atoms with Crippen molar-refractivity contribution >= 4 is 11.6 Å². The number of nitrogens with zero attached hydrogens (tertiary/aromatic N) is 4. The van der Waals surface area contributed by atoms with Crippen molar-refractivity contribution in [2.75, 3.05) is 17.2 Å². The maximum atomic E-state index is 4.91. The molecule has 0 saturated heterocycles. The molecule has 0 amide bonds. The van der Waals surface area contributed by atoms with Crippen LogP contribution in [0.1, 0.15) is 30.6 Å². The van der Waals surface area contributed by atoms with Crippen molar-refractivity contribution < 1.29 is 4.52 Å². The van der Waals surface area contributed by atoms with E-state index < -0.39 is 0 Å². The van der Waals surface area contributed by atoms with E-state index in [-0.39, 0.29) is 0 Å². The molecule has 7 heteroatoms. The van der Waals surface area contributed by atoms with Gasteiger partial charge in [0.2, 0.25) is 5.89 Å². The van der Waals surface area contributed by atoms with E-state index in [1.165, 1.54) is 6.33 Å². The lowest BCUT2D eigenvalue weighted by Gasteiger charge is -2.11. The summed E-state index contributed by atoms with van der Waals surface area (Å²) in [5, 5.41) is 10.3. The van der Waals surface area contributed by atoms with E-state index in [4.69, 9.17) is 4.52 Å². The normalized spacial score (nSPS) is 10.5. The average molecular weight is 262 g/mol. The van der Waals surface area contributed by atoms with Gasteiger partial charge in [-0.05, 0) is 13.3 Å². The maximum absolute atomic E-state index is 4.91. The van der Waals surface area contributed by atoms with Gasteiger partial charge in [-0.25, -0.2) is 9.97 Å². The van der Waals surface area contributed by atoms with Crippen LogP contribution in [0.25, 0.3) is 0 Å². The molecule has 0 fully saturated rings. The summed E-state index contributed by atoms with van der Waals surface area (Å²) in [4.78, 5) is 12.6. The summed E-state index contributed by atoms with van der Waals surface area (Å²) >= 11 is 0. The highest BCUT2D eigenvalue weighted by Crippen LogP contribution is 2.18. The Bertz CT molecular complexity index is 539. The van der Waals surface area contributed by atoms with Crippen molar-refractivity contribution in [3.8, 4) is 0 Å². The summed E-state index contributed by atoms with van der Waals surface area (Å²) in [7, 11) is 0. The number of anilines is 2. The van der Waals surface area contributed by atoms with Gasteiger partial charge in [0.15, 0.2) is 5.82 Å². The Morgan fingerprint density at radius 2 is 1.89 bits per heavy atom. The van der Waals surface area contributed by atoms with Crippen LogP contribution in [0.3, 0.4) is 0 Å². The molecule has 102 valence electrons. The van der Waals surface area contributed by atoms with E-state index >= 15 is 0 Å². The van der Waals surface area contributed by atoms with Crippen LogP contribution in [-0.4, -0.2) is 26.7 Å². The van der Waals surface area contributed by atoms with Crippen molar-refractivity contribution in [3.63, 3.8) is 0 Å². The van der Waals surface area contributed by atoms with Gasteiger partial charge in [-0.2, -0.15) is 4.98 Å². The van der Waals surface area contributed by atoms with E-state index in [0.717, 1.165) is 30.2 Å². The fourth-order valence-electron chi connectivity index (χ4n) is 1.63. The monoisotopic (exact) mass is 262 g/mol. The third kappa shape index (κ3) is 3.40. The molecule has 7 nitrogen and oxygen atoms in total. The van der Waals surface area contributed by atoms with Crippen molar-refractivity contribution in [2.24, 2.45) is 0 Å². The van der Waals surface area contributed by atoms with Crippen LogP contribution in [-0.2, 0) is 6.54 Å². The van der Waals surface area contributed by atoms with Crippen LogP contribution < -0.4 is 10.6 Å². The van der Waals surface area contributed by atoms with Gasteiger partial charge >= 0.3 is 0 Å². The summed E-state index contributed by atoms with van der Waals surface area (Å²) in [5.74, 6) is 2.79. The van der Waals surface area contributed by atoms with E-state index in [0.29, 0.717) is 18.3 Å². The Labute approximate surface area is 111 Å². The van der Waals surface area contributed by atoms with Crippen molar-refractivity contribution in [1.82, 2.24) is 20.1 Å². The quantitative estimate of drug-likeness (QED) is 0.821. The van der Waals surface area contributed by atoms with Gasteiger partial charge in [-0.15, -0.1) is 0 Å². The SMILES string of the molecule is CCCNc1ncnc(NCc2noc(C)n2)c1C. The van der Waals surface area contributed by atoms with Crippen LogP contribution in [0.5, 0.6) is 0 Å². The standard InChI is InChI=1S/C12H18N6O/c1-4-5-13-11-8(2)12(16-7-15-11)14-6-10-17-9(3)19-18-10/h7H,4-6H2,1-3H3,(H2,13,14,15,16). The minimum Gasteiger partial charge on any atom is -0.370 e. The van der Waals surface area contributed by atoms with Gasteiger partial charge in [0, 0.05) is 19.0 Å². The Morgan fingerprint density at radius 3 is 2.53 bits per heavy atom. The molecule has 2 aromatic heterocycles. The van der Waals surface area contributed by atoms with E-state index in [1.807, 2.05) is 6.92 Å². The molecule has 0 unspecified atom stereocenters. The zero-order chi connectivity index (χ0) is 13.7. The first-order valence-corrected chi connectivity index (χ1v) is 6.29. The summed E-state index contributed by atoms with van der Waals surface area (Å²) in [6.07, 6.45) is 2.59. The van der Waals surface area contributed by atoms with E-state index in [2.05, 4.69) is 37.7 Å². The first-order chi connectivity index (χ1) is 9.20. The Hall–Kier alpha value is -2.18. The minimum atomic E-state index is 0.475. The molecule has 19 heavy (non-hydrogen) atoms. The summed E-state index contributed by atoms with van der Waals surface area (Å²) in [5.41, 5.74) is 0.983. The number of hydrogen-bond donors (Lipinski definition) is 2. The van der Waals surface area contributed by atoms with Crippen LogP contribution in [0.15, 0.2) is 10.9 Å². The second-order valence-corrected chi connectivity index (χ2v) is 4.21. The topological polar surface area (TPSA) is 88.8 Å². The molecule has 0 aliphatic heterocycles. The summed E-state index contributed by atoms with van der Waals surface area (Å²) in [6, 6.07) is 0. The van der Waals surface area contributed by atoms with Crippen LogP contribution in [0, 0.1) is 13.8 Å². The molecule has 2 rings (SSSR count). The van der Waals surface area contributed by atoms with E-state index in [9.17, 15) is 0 Å². The highest BCUT2D eigenvalue weighted by Gasteiger charge is 2.08. The second-order valence-electron chi connectivity index (χ2n) is 4.21. The molecular formula is C12H18N6O. The predicted molar refractivity (Wildman–Crippen MR) is 71.9 cm³/mol. The first kappa shape index (κ1) is 13.3. The smallest absolute Gasteiger partial charge is 0.223 e. The third-order valence-electron chi connectivity index (χ3n) is 2.61. The second kappa shape index (κ2) is 6.12. The Balaban J connectivity index is 2.03. The van der Waals surface area contributed by atoms with Gasteiger partial charge in [-0.3, -0.25) is 0 Å². The summed E-state index contributed by atoms with van der Waals surface area (Å²) < 4.78 is 4.91. The summed E-state index contributed by atoms with van der Waals surface area (Å²) in [6.45, 7) is 7.21. The maximum Gasteiger partial charge on any atom is 0.223 e.